The molecule has 0 aliphatic carbocycles. The van der Waals surface area contributed by atoms with Gasteiger partial charge in [-0.3, -0.25) is 0 Å². The van der Waals surface area contributed by atoms with Crippen LogP contribution < -0.4 is 10.6 Å². The maximum atomic E-state index is 5.00. The van der Waals surface area contributed by atoms with Crippen LogP contribution >= 0.6 is 0 Å². The van der Waals surface area contributed by atoms with Gasteiger partial charge in [0.1, 0.15) is 5.82 Å². The fraction of sp³-hybridized carbons (Fsp3) is 0.333. The molecule has 0 amide bonds. The molecule has 1 heterocycles. The van der Waals surface area contributed by atoms with E-state index in [0.717, 1.165) is 31.1 Å². The van der Waals surface area contributed by atoms with E-state index in [1.165, 1.54) is 5.56 Å². The first-order valence-corrected chi connectivity index (χ1v) is 6.67. The molecule has 20 heavy (non-hydrogen) atoms. The Balaban J connectivity index is 1.95. The number of rotatable bonds is 7. The molecule has 1 aromatic carbocycles. The highest BCUT2D eigenvalue weighted by atomic mass is 16.5. The Labute approximate surface area is 119 Å². The molecule has 2 aromatic rings. The minimum absolute atomic E-state index is 0.624. The van der Waals surface area contributed by atoms with Gasteiger partial charge in [0.2, 0.25) is 5.95 Å². The normalized spacial score (nSPS) is 10.3. The first kappa shape index (κ1) is 14.3. The SMILES string of the molecule is COCCCNc1nccc(Nc2cccc(C)c2)n1. The van der Waals surface area contributed by atoms with Gasteiger partial charge in [-0.15, -0.1) is 0 Å². The van der Waals surface area contributed by atoms with Gasteiger partial charge in [-0.1, -0.05) is 12.1 Å². The molecule has 0 spiro atoms. The third-order valence-corrected chi connectivity index (χ3v) is 2.75. The number of aromatic nitrogens is 2. The third-order valence-electron chi connectivity index (χ3n) is 2.75. The van der Waals surface area contributed by atoms with E-state index in [4.69, 9.17) is 4.74 Å². The molecule has 1 aromatic heterocycles. The Kier molecular flexibility index (Phi) is 5.32. The largest absolute Gasteiger partial charge is 0.385 e. The molecule has 2 N–H and O–H groups in total. The van der Waals surface area contributed by atoms with Gasteiger partial charge in [0, 0.05) is 32.1 Å². The lowest BCUT2D eigenvalue weighted by Gasteiger charge is -2.08. The smallest absolute Gasteiger partial charge is 0.224 e. The summed E-state index contributed by atoms with van der Waals surface area (Å²) in [7, 11) is 1.70. The van der Waals surface area contributed by atoms with Crippen molar-refractivity contribution >= 4 is 17.5 Å². The maximum Gasteiger partial charge on any atom is 0.224 e. The highest BCUT2D eigenvalue weighted by Crippen LogP contribution is 2.16. The summed E-state index contributed by atoms with van der Waals surface area (Å²) < 4.78 is 5.00. The van der Waals surface area contributed by atoms with Crippen LogP contribution in [0.5, 0.6) is 0 Å². The van der Waals surface area contributed by atoms with Crippen molar-refractivity contribution in [1.82, 2.24) is 9.97 Å². The number of hydrogen-bond donors (Lipinski definition) is 2. The predicted octanol–water partition coefficient (Wildman–Crippen LogP) is 2.98. The maximum absolute atomic E-state index is 5.00. The number of nitrogens with one attached hydrogen (secondary N) is 2. The Morgan fingerprint density at radius 2 is 2.15 bits per heavy atom. The Morgan fingerprint density at radius 3 is 2.95 bits per heavy atom. The van der Waals surface area contributed by atoms with Gasteiger partial charge in [-0.2, -0.15) is 4.98 Å². The van der Waals surface area contributed by atoms with E-state index in [-0.39, 0.29) is 0 Å². The lowest BCUT2D eigenvalue weighted by atomic mass is 10.2. The number of benzene rings is 1. The summed E-state index contributed by atoms with van der Waals surface area (Å²) in [5, 5.41) is 6.45. The summed E-state index contributed by atoms with van der Waals surface area (Å²) in [6, 6.07) is 10.0. The van der Waals surface area contributed by atoms with E-state index in [2.05, 4.69) is 39.7 Å². The molecular formula is C15H20N4O. The first-order valence-electron chi connectivity index (χ1n) is 6.67. The molecule has 0 saturated carbocycles. The standard InChI is InChI=1S/C15H20N4O/c1-12-5-3-6-13(11-12)18-14-7-9-17-15(19-14)16-8-4-10-20-2/h3,5-7,9,11H,4,8,10H2,1-2H3,(H2,16,17,18,19). The second-order valence-electron chi connectivity index (χ2n) is 4.53. The van der Waals surface area contributed by atoms with Crippen LogP contribution in [0.2, 0.25) is 0 Å². The minimum atomic E-state index is 0.624. The molecule has 0 fully saturated rings. The number of nitrogens with zero attached hydrogens (tertiary/aromatic N) is 2. The fourth-order valence-corrected chi connectivity index (χ4v) is 1.80. The molecule has 0 radical (unpaired) electrons. The lowest BCUT2D eigenvalue weighted by molar-refractivity contribution is 0.197. The molecule has 106 valence electrons. The summed E-state index contributed by atoms with van der Waals surface area (Å²) in [6.45, 7) is 3.59. The van der Waals surface area contributed by atoms with E-state index in [9.17, 15) is 0 Å². The summed E-state index contributed by atoms with van der Waals surface area (Å²) in [5.41, 5.74) is 2.23. The van der Waals surface area contributed by atoms with E-state index in [0.29, 0.717) is 5.95 Å². The zero-order valence-electron chi connectivity index (χ0n) is 11.9. The van der Waals surface area contributed by atoms with Crippen molar-refractivity contribution in [2.24, 2.45) is 0 Å². The zero-order chi connectivity index (χ0) is 14.2. The number of hydrogen-bond acceptors (Lipinski definition) is 5. The second-order valence-corrected chi connectivity index (χ2v) is 4.53. The van der Waals surface area contributed by atoms with E-state index < -0.39 is 0 Å². The average molecular weight is 272 g/mol. The highest BCUT2D eigenvalue weighted by molar-refractivity contribution is 5.57. The summed E-state index contributed by atoms with van der Waals surface area (Å²) >= 11 is 0. The van der Waals surface area contributed by atoms with Gasteiger partial charge in [0.15, 0.2) is 0 Å². The van der Waals surface area contributed by atoms with Crippen LogP contribution in [0.4, 0.5) is 17.5 Å². The van der Waals surface area contributed by atoms with Crippen molar-refractivity contribution in [3.8, 4) is 0 Å². The van der Waals surface area contributed by atoms with E-state index in [1.807, 2.05) is 18.2 Å². The summed E-state index contributed by atoms with van der Waals surface area (Å²) in [5.74, 6) is 1.40. The highest BCUT2D eigenvalue weighted by Gasteiger charge is 2.00. The molecule has 0 aliphatic heterocycles. The lowest BCUT2D eigenvalue weighted by Crippen LogP contribution is -2.08. The summed E-state index contributed by atoms with van der Waals surface area (Å²) in [6.07, 6.45) is 2.67. The van der Waals surface area contributed by atoms with Crippen molar-refractivity contribution in [3.63, 3.8) is 0 Å². The van der Waals surface area contributed by atoms with Crippen LogP contribution in [-0.4, -0.2) is 30.2 Å². The van der Waals surface area contributed by atoms with Crippen LogP contribution in [0.15, 0.2) is 36.5 Å². The van der Waals surface area contributed by atoms with Gasteiger partial charge >= 0.3 is 0 Å². The van der Waals surface area contributed by atoms with Crippen molar-refractivity contribution in [2.75, 3.05) is 30.9 Å². The van der Waals surface area contributed by atoms with E-state index >= 15 is 0 Å². The van der Waals surface area contributed by atoms with Gasteiger partial charge < -0.3 is 15.4 Å². The topological polar surface area (TPSA) is 59.1 Å². The van der Waals surface area contributed by atoms with Gasteiger partial charge in [0.05, 0.1) is 0 Å². The molecule has 5 heteroatoms. The second kappa shape index (κ2) is 7.45. The van der Waals surface area contributed by atoms with Crippen LogP contribution in [0, 0.1) is 6.92 Å². The van der Waals surface area contributed by atoms with Crippen LogP contribution in [0.25, 0.3) is 0 Å². The zero-order valence-corrected chi connectivity index (χ0v) is 11.9. The van der Waals surface area contributed by atoms with Crippen molar-refractivity contribution in [3.05, 3.63) is 42.1 Å². The van der Waals surface area contributed by atoms with Gasteiger partial charge in [0.25, 0.3) is 0 Å². The van der Waals surface area contributed by atoms with Crippen LogP contribution in [0.3, 0.4) is 0 Å². The number of aryl methyl sites for hydroxylation is 1. The van der Waals surface area contributed by atoms with Crippen molar-refractivity contribution in [1.29, 1.82) is 0 Å². The molecule has 5 nitrogen and oxygen atoms in total. The molecule has 0 bridgehead atoms. The minimum Gasteiger partial charge on any atom is -0.385 e. The Hall–Kier alpha value is -2.14. The first-order chi connectivity index (χ1) is 9.78. The molecule has 2 rings (SSSR count). The third kappa shape index (κ3) is 4.51. The van der Waals surface area contributed by atoms with Crippen LogP contribution in [0.1, 0.15) is 12.0 Å². The molecule has 0 atom stereocenters. The van der Waals surface area contributed by atoms with Crippen LogP contribution in [-0.2, 0) is 4.74 Å². The summed E-state index contributed by atoms with van der Waals surface area (Å²) in [4.78, 5) is 8.61. The quantitative estimate of drug-likeness (QED) is 0.759. The molecule has 0 unspecified atom stereocenters. The fourth-order valence-electron chi connectivity index (χ4n) is 1.80. The average Bonchev–Trinajstić information content (AvgIpc) is 2.44. The van der Waals surface area contributed by atoms with Gasteiger partial charge in [-0.05, 0) is 37.1 Å². The monoisotopic (exact) mass is 272 g/mol. The Morgan fingerprint density at radius 1 is 1.25 bits per heavy atom. The van der Waals surface area contributed by atoms with E-state index in [1.54, 1.807) is 13.3 Å². The molecule has 0 aliphatic rings. The molecule has 0 saturated heterocycles. The number of ether oxygens (including phenoxy) is 1. The Bertz CT molecular complexity index is 545. The van der Waals surface area contributed by atoms with Crippen molar-refractivity contribution in [2.45, 2.75) is 13.3 Å². The van der Waals surface area contributed by atoms with Gasteiger partial charge in [-0.25, -0.2) is 4.98 Å². The predicted molar refractivity (Wildman–Crippen MR) is 81.5 cm³/mol. The molecular weight excluding hydrogens is 252 g/mol. The van der Waals surface area contributed by atoms with Crippen molar-refractivity contribution < 1.29 is 4.74 Å². The number of methoxy groups -OCH3 is 1. The number of anilines is 3.